The second-order valence-corrected chi connectivity index (χ2v) is 8.58. The molecule has 10 heteroatoms. The van der Waals surface area contributed by atoms with Gasteiger partial charge in [-0.3, -0.25) is 14.6 Å². The van der Waals surface area contributed by atoms with Crippen LogP contribution >= 0.6 is 0 Å². The second kappa shape index (κ2) is 8.75. The fraction of sp³-hybridized carbons (Fsp3) is 0.421. The fourth-order valence-electron chi connectivity index (χ4n) is 3.07. The first-order valence-electron chi connectivity index (χ1n) is 9.40. The largest absolute Gasteiger partial charge is 0.487 e. The Kier molecular flexibility index (Phi) is 6.33. The van der Waals surface area contributed by atoms with Crippen molar-refractivity contribution in [1.29, 1.82) is 0 Å². The number of carbonyl (C=O) groups is 1. The fourth-order valence-corrected chi connectivity index (χ4v) is 4.55. The van der Waals surface area contributed by atoms with E-state index >= 15 is 0 Å². The molecule has 9 nitrogen and oxygen atoms in total. The summed E-state index contributed by atoms with van der Waals surface area (Å²) in [6.45, 7) is 4.74. The number of carbonyl (C=O) groups excluding carboxylic acids is 1. The van der Waals surface area contributed by atoms with Crippen LogP contribution in [0.4, 0.5) is 0 Å². The van der Waals surface area contributed by atoms with Crippen molar-refractivity contribution in [3.63, 3.8) is 0 Å². The van der Waals surface area contributed by atoms with Crippen LogP contribution in [0.2, 0.25) is 0 Å². The lowest BCUT2D eigenvalue weighted by Gasteiger charge is -2.39. The van der Waals surface area contributed by atoms with Gasteiger partial charge in [-0.05, 0) is 18.2 Å². The standard InChI is InChI=1S/C19H24N4O5S/c1-3-23(4-2)29(26,27)17-5-6-18(24)22(13-17)14-19(25)21-11-16(12-21)28-15-7-9-20-10-8-15/h5-10,13,16H,3-4,11-12,14H2,1-2H3. The van der Waals surface area contributed by atoms with Crippen molar-refractivity contribution in [3.8, 4) is 5.75 Å². The Morgan fingerprint density at radius 1 is 1.17 bits per heavy atom. The molecular formula is C19H24N4O5S. The van der Waals surface area contributed by atoms with Crippen LogP contribution in [0.3, 0.4) is 0 Å². The second-order valence-electron chi connectivity index (χ2n) is 6.64. The van der Waals surface area contributed by atoms with Crippen LogP contribution in [0.25, 0.3) is 0 Å². The molecule has 0 atom stereocenters. The maximum Gasteiger partial charge on any atom is 0.251 e. The lowest BCUT2D eigenvalue weighted by atomic mass is 10.1. The molecule has 1 saturated heterocycles. The first-order valence-corrected chi connectivity index (χ1v) is 10.8. The van der Waals surface area contributed by atoms with Crippen molar-refractivity contribution in [1.82, 2.24) is 18.8 Å². The number of pyridine rings is 2. The molecule has 0 spiro atoms. The zero-order chi connectivity index (χ0) is 21.0. The summed E-state index contributed by atoms with van der Waals surface area (Å²) < 4.78 is 33.5. The molecule has 1 amide bonds. The van der Waals surface area contributed by atoms with E-state index in [1.807, 2.05) is 0 Å². The van der Waals surface area contributed by atoms with Gasteiger partial charge in [0.05, 0.1) is 18.0 Å². The number of aromatic nitrogens is 2. The number of sulfonamides is 1. The van der Waals surface area contributed by atoms with Gasteiger partial charge < -0.3 is 14.2 Å². The third kappa shape index (κ3) is 4.65. The zero-order valence-electron chi connectivity index (χ0n) is 16.4. The molecule has 29 heavy (non-hydrogen) atoms. The maximum atomic E-state index is 12.7. The van der Waals surface area contributed by atoms with Crippen molar-refractivity contribution in [2.75, 3.05) is 26.2 Å². The molecule has 1 aliphatic rings. The van der Waals surface area contributed by atoms with Crippen LogP contribution in [0.5, 0.6) is 5.75 Å². The molecule has 3 heterocycles. The molecule has 0 radical (unpaired) electrons. The monoisotopic (exact) mass is 420 g/mol. The van der Waals surface area contributed by atoms with Gasteiger partial charge in [0.2, 0.25) is 15.9 Å². The third-order valence-electron chi connectivity index (χ3n) is 4.76. The number of hydrogen-bond acceptors (Lipinski definition) is 6. The Labute approximate surface area is 169 Å². The van der Waals surface area contributed by atoms with Crippen LogP contribution < -0.4 is 10.3 Å². The summed E-state index contributed by atoms with van der Waals surface area (Å²) in [6.07, 6.45) is 4.37. The van der Waals surface area contributed by atoms with Gasteiger partial charge in [0.15, 0.2) is 0 Å². The maximum absolute atomic E-state index is 12.7. The van der Waals surface area contributed by atoms with Crippen LogP contribution in [-0.4, -0.2) is 65.4 Å². The first-order chi connectivity index (χ1) is 13.8. The van der Waals surface area contributed by atoms with Crippen LogP contribution in [0, 0.1) is 0 Å². The van der Waals surface area contributed by atoms with Crippen LogP contribution in [-0.2, 0) is 21.4 Å². The van der Waals surface area contributed by atoms with E-state index in [0.717, 1.165) is 4.57 Å². The number of rotatable bonds is 8. The van der Waals surface area contributed by atoms with Crippen molar-refractivity contribution in [3.05, 3.63) is 53.2 Å². The molecule has 2 aromatic heterocycles. The topological polar surface area (TPSA) is 102 Å². The van der Waals surface area contributed by atoms with Gasteiger partial charge in [-0.2, -0.15) is 4.31 Å². The van der Waals surface area contributed by atoms with E-state index in [9.17, 15) is 18.0 Å². The van der Waals surface area contributed by atoms with Gasteiger partial charge in [0, 0.05) is 37.7 Å². The number of likely N-dealkylation sites (tertiary alicyclic amines) is 1. The smallest absolute Gasteiger partial charge is 0.251 e. The Bertz CT molecular complexity index is 1010. The summed E-state index contributed by atoms with van der Waals surface area (Å²) in [5.74, 6) is 0.418. The highest BCUT2D eigenvalue weighted by atomic mass is 32.2. The van der Waals surface area contributed by atoms with Crippen molar-refractivity contribution >= 4 is 15.9 Å². The molecule has 1 fully saturated rings. The Morgan fingerprint density at radius 2 is 1.83 bits per heavy atom. The summed E-state index contributed by atoms with van der Waals surface area (Å²) >= 11 is 0. The summed E-state index contributed by atoms with van der Waals surface area (Å²) in [5.41, 5.74) is -0.429. The van der Waals surface area contributed by atoms with Gasteiger partial charge in [0.25, 0.3) is 5.56 Å². The predicted octanol–water partition coefficient (Wildman–Crippen LogP) is 0.564. The minimum Gasteiger partial charge on any atom is -0.487 e. The molecule has 0 saturated carbocycles. The minimum atomic E-state index is -3.71. The molecule has 0 aliphatic carbocycles. The zero-order valence-corrected chi connectivity index (χ0v) is 17.2. The van der Waals surface area contributed by atoms with E-state index < -0.39 is 15.6 Å². The van der Waals surface area contributed by atoms with Crippen molar-refractivity contribution in [2.24, 2.45) is 0 Å². The molecule has 2 aromatic rings. The quantitative estimate of drug-likeness (QED) is 0.619. The molecule has 0 N–H and O–H groups in total. The van der Waals surface area contributed by atoms with E-state index in [2.05, 4.69) is 4.98 Å². The predicted molar refractivity (Wildman–Crippen MR) is 106 cm³/mol. The average Bonchev–Trinajstić information content (AvgIpc) is 2.67. The first kappa shape index (κ1) is 21.0. The highest BCUT2D eigenvalue weighted by molar-refractivity contribution is 7.89. The average molecular weight is 420 g/mol. The van der Waals surface area contributed by atoms with E-state index in [-0.39, 0.29) is 23.5 Å². The van der Waals surface area contributed by atoms with Gasteiger partial charge in [-0.15, -0.1) is 0 Å². The molecule has 0 bridgehead atoms. The summed E-state index contributed by atoms with van der Waals surface area (Å²) in [4.78, 5) is 30.1. The van der Waals surface area contributed by atoms with E-state index in [1.54, 1.807) is 43.3 Å². The Hall–Kier alpha value is -2.72. The van der Waals surface area contributed by atoms with E-state index in [0.29, 0.717) is 31.9 Å². The molecule has 0 aromatic carbocycles. The summed E-state index contributed by atoms with van der Waals surface area (Å²) in [6, 6.07) is 5.94. The van der Waals surface area contributed by atoms with E-state index in [1.165, 1.54) is 22.6 Å². The number of nitrogens with zero attached hydrogens (tertiary/aromatic N) is 4. The highest BCUT2D eigenvalue weighted by Gasteiger charge is 2.32. The molecular weight excluding hydrogens is 396 g/mol. The lowest BCUT2D eigenvalue weighted by molar-refractivity contribution is -0.140. The highest BCUT2D eigenvalue weighted by Crippen LogP contribution is 2.18. The Balaban J connectivity index is 1.65. The van der Waals surface area contributed by atoms with Gasteiger partial charge in [-0.1, -0.05) is 13.8 Å². The molecule has 3 rings (SSSR count). The van der Waals surface area contributed by atoms with E-state index in [4.69, 9.17) is 4.74 Å². The van der Waals surface area contributed by atoms with Crippen molar-refractivity contribution < 1.29 is 17.9 Å². The minimum absolute atomic E-state index is 0.00361. The number of ether oxygens (including phenoxy) is 1. The van der Waals surface area contributed by atoms with Crippen LogP contribution in [0.1, 0.15) is 13.8 Å². The van der Waals surface area contributed by atoms with Crippen molar-refractivity contribution in [2.45, 2.75) is 31.4 Å². The molecule has 0 unspecified atom stereocenters. The van der Waals surface area contributed by atoms with Crippen LogP contribution in [0.15, 0.2) is 52.5 Å². The van der Waals surface area contributed by atoms with Gasteiger partial charge in [-0.25, -0.2) is 8.42 Å². The lowest BCUT2D eigenvalue weighted by Crippen LogP contribution is -2.57. The SMILES string of the molecule is CCN(CC)S(=O)(=O)c1ccc(=O)n(CC(=O)N2CC(Oc3ccncc3)C2)c1. The number of hydrogen-bond donors (Lipinski definition) is 0. The molecule has 1 aliphatic heterocycles. The summed E-state index contributed by atoms with van der Waals surface area (Å²) in [5, 5.41) is 0. The molecule has 156 valence electrons. The third-order valence-corrected chi connectivity index (χ3v) is 6.79. The summed E-state index contributed by atoms with van der Waals surface area (Å²) in [7, 11) is -3.71. The normalized spacial score (nSPS) is 14.7. The van der Waals surface area contributed by atoms with Gasteiger partial charge >= 0.3 is 0 Å². The number of amides is 1. The Morgan fingerprint density at radius 3 is 2.45 bits per heavy atom. The van der Waals surface area contributed by atoms with Gasteiger partial charge in [0.1, 0.15) is 18.4 Å².